The van der Waals surface area contributed by atoms with Gasteiger partial charge in [-0.3, -0.25) is 4.79 Å². The average Bonchev–Trinajstić information content (AvgIpc) is 2.99. The van der Waals surface area contributed by atoms with E-state index in [1.165, 1.54) is 23.5 Å². The van der Waals surface area contributed by atoms with Gasteiger partial charge < -0.3 is 11.1 Å². The van der Waals surface area contributed by atoms with Crippen LogP contribution in [0, 0.1) is 5.82 Å². The van der Waals surface area contributed by atoms with Gasteiger partial charge in [-0.2, -0.15) is 0 Å². The molecule has 0 radical (unpaired) electrons. The largest absolute Gasteiger partial charge is 0.352 e. The molecule has 8 heteroatoms. The summed E-state index contributed by atoms with van der Waals surface area (Å²) < 4.78 is 13.3. The second kappa shape index (κ2) is 12.2. The van der Waals surface area contributed by atoms with Crippen LogP contribution in [0.4, 0.5) is 4.39 Å². The molecule has 1 amide bonds. The third kappa shape index (κ3) is 7.69. The highest BCUT2D eigenvalue weighted by atomic mass is 35.5. The number of benzene rings is 1. The van der Waals surface area contributed by atoms with E-state index >= 15 is 0 Å². The molecule has 0 saturated heterocycles. The van der Waals surface area contributed by atoms with Crippen molar-refractivity contribution in [2.45, 2.75) is 38.6 Å². The van der Waals surface area contributed by atoms with Crippen LogP contribution < -0.4 is 11.1 Å². The molecule has 0 saturated carbocycles. The van der Waals surface area contributed by atoms with E-state index in [1.54, 1.807) is 12.1 Å². The Kier molecular flexibility index (Phi) is 11.6. The van der Waals surface area contributed by atoms with Gasteiger partial charge in [-0.25, -0.2) is 9.37 Å². The quantitative estimate of drug-likeness (QED) is 0.695. The third-order valence-corrected chi connectivity index (χ3v) is 4.46. The van der Waals surface area contributed by atoms with Crippen molar-refractivity contribution < 1.29 is 9.18 Å². The van der Waals surface area contributed by atoms with Gasteiger partial charge in [0.25, 0.3) is 0 Å². The molecule has 2 rings (SSSR count). The maximum atomic E-state index is 13.3. The number of amides is 1. The standard InChI is InChI=1S/C17H22FN3OS.2ClH/c1-2-3-7-14(10-19)20-16(22)9-15-11-23-17(21-15)12-5-4-6-13(18)8-12;;/h4-6,8,11,14H,2-3,7,9-10,19H2,1H3,(H,20,22);2*1H. The maximum Gasteiger partial charge on any atom is 0.226 e. The zero-order valence-corrected chi connectivity index (χ0v) is 16.5. The highest BCUT2D eigenvalue weighted by Crippen LogP contribution is 2.24. The van der Waals surface area contributed by atoms with Crippen molar-refractivity contribution in [2.24, 2.45) is 5.73 Å². The lowest BCUT2D eigenvalue weighted by Crippen LogP contribution is -2.40. The number of rotatable bonds is 8. The molecule has 0 aliphatic rings. The number of unbranched alkanes of at least 4 members (excludes halogenated alkanes) is 1. The van der Waals surface area contributed by atoms with Crippen LogP contribution >= 0.6 is 36.2 Å². The van der Waals surface area contributed by atoms with Crippen molar-refractivity contribution in [2.75, 3.05) is 6.54 Å². The van der Waals surface area contributed by atoms with E-state index < -0.39 is 0 Å². The molecule has 1 aromatic heterocycles. The molecule has 1 atom stereocenters. The Bertz CT molecular complexity index is 654. The van der Waals surface area contributed by atoms with Crippen LogP contribution in [0.15, 0.2) is 29.6 Å². The molecule has 1 heterocycles. The molecule has 0 aliphatic heterocycles. The van der Waals surface area contributed by atoms with Crippen LogP contribution in [-0.4, -0.2) is 23.5 Å². The van der Waals surface area contributed by atoms with Crippen LogP contribution in [-0.2, 0) is 11.2 Å². The van der Waals surface area contributed by atoms with Gasteiger partial charge in [0, 0.05) is 23.5 Å². The molecule has 0 bridgehead atoms. The summed E-state index contributed by atoms with van der Waals surface area (Å²) in [5.74, 6) is -0.369. The molecule has 140 valence electrons. The monoisotopic (exact) mass is 407 g/mol. The number of halogens is 3. The van der Waals surface area contributed by atoms with Gasteiger partial charge in [-0.15, -0.1) is 36.2 Å². The number of thiazole rings is 1. The number of hydrogen-bond acceptors (Lipinski definition) is 4. The number of nitrogens with two attached hydrogens (primary N) is 1. The second-order valence-corrected chi connectivity index (χ2v) is 6.33. The van der Waals surface area contributed by atoms with Gasteiger partial charge in [0.05, 0.1) is 12.1 Å². The predicted molar refractivity (Wildman–Crippen MR) is 106 cm³/mol. The number of hydrogen-bond donors (Lipinski definition) is 2. The van der Waals surface area contributed by atoms with E-state index in [-0.39, 0.29) is 49.0 Å². The SMILES string of the molecule is CCCCC(CN)NC(=O)Cc1csc(-c2cccc(F)c2)n1.Cl.Cl. The van der Waals surface area contributed by atoms with Crippen molar-refractivity contribution in [3.8, 4) is 10.6 Å². The Hall–Kier alpha value is -1.21. The minimum absolute atomic E-state index is 0. The molecule has 1 aromatic carbocycles. The van der Waals surface area contributed by atoms with Gasteiger partial charge >= 0.3 is 0 Å². The van der Waals surface area contributed by atoms with Gasteiger partial charge in [-0.1, -0.05) is 31.9 Å². The number of carbonyl (C=O) groups excluding carboxylic acids is 1. The van der Waals surface area contributed by atoms with Gasteiger partial charge in [0.15, 0.2) is 0 Å². The van der Waals surface area contributed by atoms with E-state index in [2.05, 4.69) is 17.2 Å². The molecule has 2 aromatic rings. The minimum Gasteiger partial charge on any atom is -0.352 e. The Labute approximate surface area is 164 Å². The summed E-state index contributed by atoms with van der Waals surface area (Å²) in [5.41, 5.74) is 7.10. The van der Waals surface area contributed by atoms with E-state index in [4.69, 9.17) is 5.73 Å². The highest BCUT2D eigenvalue weighted by Gasteiger charge is 2.13. The van der Waals surface area contributed by atoms with Crippen LogP contribution in [0.25, 0.3) is 10.6 Å². The lowest BCUT2D eigenvalue weighted by atomic mass is 10.1. The average molecular weight is 408 g/mol. The highest BCUT2D eigenvalue weighted by molar-refractivity contribution is 7.13. The Morgan fingerprint density at radius 3 is 2.80 bits per heavy atom. The fourth-order valence-corrected chi connectivity index (χ4v) is 3.10. The Balaban J connectivity index is 0.00000288. The Morgan fingerprint density at radius 1 is 1.40 bits per heavy atom. The first kappa shape index (κ1) is 23.8. The molecule has 4 nitrogen and oxygen atoms in total. The molecule has 0 aliphatic carbocycles. The molecular formula is C17H24Cl2FN3OS. The van der Waals surface area contributed by atoms with Crippen molar-refractivity contribution >= 4 is 42.1 Å². The van der Waals surface area contributed by atoms with E-state index in [1.807, 2.05) is 5.38 Å². The Morgan fingerprint density at radius 2 is 2.16 bits per heavy atom. The molecule has 3 N–H and O–H groups in total. The maximum absolute atomic E-state index is 13.3. The van der Waals surface area contributed by atoms with Crippen LogP contribution in [0.2, 0.25) is 0 Å². The summed E-state index contributed by atoms with van der Waals surface area (Å²) in [6.07, 6.45) is 3.23. The van der Waals surface area contributed by atoms with Gasteiger partial charge in [-0.05, 0) is 18.6 Å². The van der Waals surface area contributed by atoms with Gasteiger partial charge in [0.1, 0.15) is 10.8 Å². The fraction of sp³-hybridized carbons (Fsp3) is 0.412. The van der Waals surface area contributed by atoms with Crippen LogP contribution in [0.5, 0.6) is 0 Å². The topological polar surface area (TPSA) is 68.0 Å². The van der Waals surface area contributed by atoms with Crippen molar-refractivity contribution in [3.05, 3.63) is 41.2 Å². The number of aromatic nitrogens is 1. The number of carbonyl (C=O) groups is 1. The van der Waals surface area contributed by atoms with Gasteiger partial charge in [0.2, 0.25) is 5.91 Å². The summed E-state index contributed by atoms with van der Waals surface area (Å²) in [4.78, 5) is 16.5. The lowest BCUT2D eigenvalue weighted by Gasteiger charge is -2.15. The summed E-state index contributed by atoms with van der Waals surface area (Å²) >= 11 is 1.41. The minimum atomic E-state index is -0.293. The van der Waals surface area contributed by atoms with Crippen LogP contribution in [0.1, 0.15) is 31.9 Å². The smallest absolute Gasteiger partial charge is 0.226 e. The molecule has 0 fully saturated rings. The molecular weight excluding hydrogens is 384 g/mol. The summed E-state index contributed by atoms with van der Waals surface area (Å²) in [7, 11) is 0. The van der Waals surface area contributed by atoms with E-state index in [0.29, 0.717) is 17.2 Å². The summed E-state index contributed by atoms with van der Waals surface area (Å²) in [5, 5.41) is 5.50. The first-order valence-corrected chi connectivity index (χ1v) is 8.70. The lowest BCUT2D eigenvalue weighted by molar-refractivity contribution is -0.121. The fourth-order valence-electron chi connectivity index (χ4n) is 2.28. The van der Waals surface area contributed by atoms with E-state index in [0.717, 1.165) is 24.8 Å². The zero-order chi connectivity index (χ0) is 16.7. The predicted octanol–water partition coefficient (Wildman–Crippen LogP) is 3.97. The second-order valence-electron chi connectivity index (χ2n) is 5.47. The first-order valence-electron chi connectivity index (χ1n) is 7.82. The molecule has 25 heavy (non-hydrogen) atoms. The third-order valence-electron chi connectivity index (χ3n) is 3.52. The van der Waals surface area contributed by atoms with Crippen molar-refractivity contribution in [1.82, 2.24) is 10.3 Å². The summed E-state index contributed by atoms with van der Waals surface area (Å²) in [6.45, 7) is 2.55. The summed E-state index contributed by atoms with van der Waals surface area (Å²) in [6, 6.07) is 6.31. The van der Waals surface area contributed by atoms with Crippen molar-refractivity contribution in [3.63, 3.8) is 0 Å². The van der Waals surface area contributed by atoms with Crippen LogP contribution in [0.3, 0.4) is 0 Å². The number of nitrogens with one attached hydrogen (secondary N) is 1. The normalized spacial score (nSPS) is 11.2. The first-order chi connectivity index (χ1) is 11.1. The molecule has 0 spiro atoms. The molecule has 1 unspecified atom stereocenters. The van der Waals surface area contributed by atoms with Crippen molar-refractivity contribution in [1.29, 1.82) is 0 Å². The zero-order valence-electron chi connectivity index (χ0n) is 14.0. The number of nitrogens with zero attached hydrogens (tertiary/aromatic N) is 1. The van der Waals surface area contributed by atoms with E-state index in [9.17, 15) is 9.18 Å².